The minimum Gasteiger partial charge on any atom is -0.497 e. The second-order valence-electron chi connectivity index (χ2n) is 5.35. The molecule has 0 aliphatic carbocycles. The van der Waals surface area contributed by atoms with Gasteiger partial charge in [0.2, 0.25) is 0 Å². The highest BCUT2D eigenvalue weighted by Crippen LogP contribution is 2.29. The van der Waals surface area contributed by atoms with Gasteiger partial charge in [-0.3, -0.25) is 9.59 Å². The molecule has 1 heterocycles. The lowest BCUT2D eigenvalue weighted by molar-refractivity contribution is 0.0961. The molecule has 0 bridgehead atoms. The van der Waals surface area contributed by atoms with E-state index in [2.05, 4.69) is 5.32 Å². The van der Waals surface area contributed by atoms with Crippen molar-refractivity contribution in [1.82, 2.24) is 5.32 Å². The molecule has 0 saturated heterocycles. The van der Waals surface area contributed by atoms with Crippen molar-refractivity contribution in [2.24, 2.45) is 0 Å². The van der Waals surface area contributed by atoms with E-state index in [1.54, 1.807) is 31.4 Å². The fraction of sp³-hybridized carbons (Fsp3) is 0.100. The third-order valence-electron chi connectivity index (χ3n) is 3.81. The summed E-state index contributed by atoms with van der Waals surface area (Å²) in [6, 6.07) is 17.6. The fourth-order valence-corrected chi connectivity index (χ4v) is 2.52. The van der Waals surface area contributed by atoms with Crippen LogP contribution in [0.15, 0.2) is 69.9 Å². The molecule has 0 saturated carbocycles. The first-order valence-corrected chi connectivity index (χ1v) is 7.74. The summed E-state index contributed by atoms with van der Waals surface area (Å²) in [6.45, 7) is 0. The predicted octanol–water partition coefficient (Wildman–Crippen LogP) is 3.34. The second kappa shape index (κ2) is 7.05. The van der Waals surface area contributed by atoms with Crippen LogP contribution in [0.4, 0.5) is 0 Å². The average molecular weight is 335 g/mol. The van der Waals surface area contributed by atoms with Gasteiger partial charge in [0.15, 0.2) is 11.2 Å². The van der Waals surface area contributed by atoms with Crippen LogP contribution in [0.5, 0.6) is 5.75 Å². The van der Waals surface area contributed by atoms with Crippen LogP contribution in [0.1, 0.15) is 10.4 Å². The van der Waals surface area contributed by atoms with E-state index in [0.29, 0.717) is 17.1 Å². The molecule has 2 aromatic carbocycles. The van der Waals surface area contributed by atoms with Gasteiger partial charge in [0.05, 0.1) is 7.11 Å². The van der Waals surface area contributed by atoms with Crippen molar-refractivity contribution in [3.63, 3.8) is 0 Å². The summed E-state index contributed by atoms with van der Waals surface area (Å²) in [5.41, 5.74) is 0.967. The third-order valence-corrected chi connectivity index (χ3v) is 3.81. The van der Waals surface area contributed by atoms with Crippen molar-refractivity contribution in [2.45, 2.75) is 0 Å². The van der Waals surface area contributed by atoms with Crippen molar-refractivity contribution < 1.29 is 13.9 Å². The Bertz CT molecular complexity index is 944. The predicted molar refractivity (Wildman–Crippen MR) is 95.8 cm³/mol. The molecule has 0 aliphatic heterocycles. The minimum atomic E-state index is -0.487. The van der Waals surface area contributed by atoms with E-state index in [9.17, 15) is 9.59 Å². The van der Waals surface area contributed by atoms with Crippen molar-refractivity contribution in [3.8, 4) is 28.4 Å². The zero-order valence-electron chi connectivity index (χ0n) is 13.9. The van der Waals surface area contributed by atoms with Gasteiger partial charge in [-0.25, -0.2) is 0 Å². The van der Waals surface area contributed by atoms with Gasteiger partial charge in [0, 0.05) is 24.2 Å². The van der Waals surface area contributed by atoms with Gasteiger partial charge in [-0.05, 0) is 24.3 Å². The van der Waals surface area contributed by atoms with Gasteiger partial charge in [0.25, 0.3) is 5.91 Å². The van der Waals surface area contributed by atoms with E-state index in [1.165, 1.54) is 13.1 Å². The molecule has 3 rings (SSSR count). The van der Waals surface area contributed by atoms with Crippen LogP contribution in [0, 0.1) is 0 Å². The summed E-state index contributed by atoms with van der Waals surface area (Å²) in [5, 5.41) is 2.49. The first-order valence-electron chi connectivity index (χ1n) is 7.74. The average Bonchev–Trinajstić information content (AvgIpc) is 2.67. The topological polar surface area (TPSA) is 68.5 Å². The monoisotopic (exact) mass is 335 g/mol. The van der Waals surface area contributed by atoms with Crippen molar-refractivity contribution in [1.29, 1.82) is 0 Å². The number of rotatable bonds is 4. The van der Waals surface area contributed by atoms with Gasteiger partial charge in [-0.1, -0.05) is 30.3 Å². The lowest BCUT2D eigenvalue weighted by atomic mass is 10.0. The normalized spacial score (nSPS) is 10.3. The van der Waals surface area contributed by atoms with Crippen LogP contribution in [0.2, 0.25) is 0 Å². The smallest absolute Gasteiger partial charge is 0.258 e. The van der Waals surface area contributed by atoms with Gasteiger partial charge in [0.1, 0.15) is 17.1 Å². The van der Waals surface area contributed by atoms with E-state index in [1.807, 2.05) is 30.3 Å². The first kappa shape index (κ1) is 16.5. The summed E-state index contributed by atoms with van der Waals surface area (Å²) in [6.07, 6.45) is 0. The Morgan fingerprint density at radius 3 is 2.28 bits per heavy atom. The number of hydrogen-bond donors (Lipinski definition) is 1. The Hall–Kier alpha value is -3.34. The van der Waals surface area contributed by atoms with Crippen LogP contribution in [-0.4, -0.2) is 20.1 Å². The Kier molecular flexibility index (Phi) is 4.66. The molecule has 0 fully saturated rings. The number of benzene rings is 2. The Morgan fingerprint density at radius 2 is 1.68 bits per heavy atom. The van der Waals surface area contributed by atoms with Gasteiger partial charge in [-0.2, -0.15) is 0 Å². The van der Waals surface area contributed by atoms with Gasteiger partial charge in [-0.15, -0.1) is 0 Å². The Labute approximate surface area is 144 Å². The summed E-state index contributed by atoms with van der Waals surface area (Å²) in [5.74, 6) is 0.823. The highest BCUT2D eigenvalue weighted by molar-refractivity contribution is 5.99. The van der Waals surface area contributed by atoms with Crippen molar-refractivity contribution >= 4 is 5.91 Å². The molecule has 126 valence electrons. The maximum absolute atomic E-state index is 12.6. The maximum Gasteiger partial charge on any atom is 0.258 e. The third kappa shape index (κ3) is 3.30. The molecule has 5 heteroatoms. The Balaban J connectivity index is 2.23. The number of carbonyl (C=O) groups excluding carboxylic acids is 1. The van der Waals surface area contributed by atoms with Crippen molar-refractivity contribution in [3.05, 3.63) is 76.5 Å². The number of methoxy groups -OCH3 is 1. The SMILES string of the molecule is CNC(=O)c1c(-c2ccc(OC)cc2)oc(-c2ccccc2)cc1=O. The highest BCUT2D eigenvalue weighted by atomic mass is 16.5. The molecule has 0 radical (unpaired) electrons. The van der Waals surface area contributed by atoms with Crippen LogP contribution >= 0.6 is 0 Å². The van der Waals surface area contributed by atoms with Crippen LogP contribution in [0.3, 0.4) is 0 Å². The lowest BCUT2D eigenvalue weighted by Crippen LogP contribution is -2.26. The molecule has 0 aliphatic rings. The quantitative estimate of drug-likeness (QED) is 0.794. The Morgan fingerprint density at radius 1 is 1.00 bits per heavy atom. The second-order valence-corrected chi connectivity index (χ2v) is 5.35. The molecule has 5 nitrogen and oxygen atoms in total. The molecular formula is C20H17NO4. The van der Waals surface area contributed by atoms with Gasteiger partial charge >= 0.3 is 0 Å². The first-order chi connectivity index (χ1) is 12.1. The molecule has 25 heavy (non-hydrogen) atoms. The number of carbonyl (C=O) groups is 1. The maximum atomic E-state index is 12.6. The molecule has 1 aromatic heterocycles. The molecule has 0 atom stereocenters. The van der Waals surface area contributed by atoms with E-state index in [-0.39, 0.29) is 11.3 Å². The minimum absolute atomic E-state index is 0.0210. The van der Waals surface area contributed by atoms with E-state index in [0.717, 1.165) is 5.56 Å². The highest BCUT2D eigenvalue weighted by Gasteiger charge is 2.20. The standard InChI is InChI=1S/C20H17NO4/c1-21-20(23)18-16(22)12-17(13-6-4-3-5-7-13)25-19(18)14-8-10-15(24-2)11-9-14/h3-12H,1-2H3,(H,21,23). The van der Waals surface area contributed by atoms with Crippen LogP contribution in [0.25, 0.3) is 22.6 Å². The summed E-state index contributed by atoms with van der Waals surface area (Å²) >= 11 is 0. The summed E-state index contributed by atoms with van der Waals surface area (Å²) < 4.78 is 11.1. The molecule has 0 unspecified atom stereocenters. The summed E-state index contributed by atoms with van der Waals surface area (Å²) in [7, 11) is 3.05. The zero-order chi connectivity index (χ0) is 17.8. The van der Waals surface area contributed by atoms with E-state index < -0.39 is 11.3 Å². The van der Waals surface area contributed by atoms with E-state index in [4.69, 9.17) is 9.15 Å². The molecule has 0 spiro atoms. The molecule has 3 aromatic rings. The van der Waals surface area contributed by atoms with Crippen molar-refractivity contribution in [2.75, 3.05) is 14.2 Å². The number of ether oxygens (including phenoxy) is 1. The zero-order valence-corrected chi connectivity index (χ0v) is 13.9. The fourth-order valence-electron chi connectivity index (χ4n) is 2.52. The van der Waals surface area contributed by atoms with E-state index >= 15 is 0 Å². The van der Waals surface area contributed by atoms with Gasteiger partial charge < -0.3 is 14.5 Å². The molecule has 1 amide bonds. The van der Waals surface area contributed by atoms with Crippen LogP contribution < -0.4 is 15.5 Å². The summed E-state index contributed by atoms with van der Waals surface area (Å²) in [4.78, 5) is 24.8. The molecular weight excluding hydrogens is 318 g/mol. The lowest BCUT2D eigenvalue weighted by Gasteiger charge is -2.10. The number of hydrogen-bond acceptors (Lipinski definition) is 4. The number of nitrogens with one attached hydrogen (secondary N) is 1. The van der Waals surface area contributed by atoms with Crippen LogP contribution in [-0.2, 0) is 0 Å². The number of amides is 1. The largest absolute Gasteiger partial charge is 0.497 e. The molecule has 1 N–H and O–H groups in total.